The summed E-state index contributed by atoms with van der Waals surface area (Å²) in [5.74, 6) is -0.184. The quantitative estimate of drug-likeness (QED) is 0.594. The third-order valence-electron chi connectivity index (χ3n) is 4.65. The maximum atomic E-state index is 12.5. The van der Waals surface area contributed by atoms with Crippen LogP contribution in [0.1, 0.15) is 29.8 Å². The van der Waals surface area contributed by atoms with E-state index in [0.29, 0.717) is 5.56 Å². The van der Waals surface area contributed by atoms with E-state index >= 15 is 0 Å². The second-order valence-electron chi connectivity index (χ2n) is 6.58. The van der Waals surface area contributed by atoms with E-state index in [0.717, 1.165) is 35.7 Å². The maximum Gasteiger partial charge on any atom is 0.257 e. The van der Waals surface area contributed by atoms with Gasteiger partial charge in [0.2, 0.25) is 0 Å². The third-order valence-corrected chi connectivity index (χ3v) is 4.65. The van der Waals surface area contributed by atoms with E-state index in [4.69, 9.17) is 0 Å². The van der Waals surface area contributed by atoms with E-state index in [9.17, 15) is 4.79 Å². The molecule has 0 saturated heterocycles. The van der Waals surface area contributed by atoms with Crippen molar-refractivity contribution in [3.63, 3.8) is 0 Å². The molecule has 3 aromatic rings. The van der Waals surface area contributed by atoms with Crippen LogP contribution in [0.25, 0.3) is 0 Å². The molecular formula is C23H26N4O. The Morgan fingerprint density at radius 3 is 2.39 bits per heavy atom. The molecule has 0 fully saturated rings. The Hall–Kier alpha value is -3.34. The fourth-order valence-corrected chi connectivity index (χ4v) is 3.09. The Morgan fingerprint density at radius 1 is 0.964 bits per heavy atom. The number of carbonyl (C=O) groups is 1. The number of amides is 1. The number of para-hydroxylation sites is 1. The number of nitrogens with zero attached hydrogens (tertiary/aromatic N) is 2. The fraction of sp³-hybridized carbons (Fsp3) is 0.217. The highest BCUT2D eigenvalue weighted by atomic mass is 16.1. The van der Waals surface area contributed by atoms with Gasteiger partial charge in [0.1, 0.15) is 0 Å². The summed E-state index contributed by atoms with van der Waals surface area (Å²) in [4.78, 5) is 19.0. The van der Waals surface area contributed by atoms with Crippen molar-refractivity contribution in [3.05, 3.63) is 78.1 Å². The molecule has 0 unspecified atom stereocenters. The standard InChI is InChI=1S/C23H26N4O/c1-4-27(5-2)21-11-12-22(17(3)13-21)25-20-14-18(15-24-16-20)23(28)26-19-9-7-6-8-10-19/h6-16,25H,4-5H2,1-3H3,(H,26,28). The first-order valence-corrected chi connectivity index (χ1v) is 9.54. The van der Waals surface area contributed by atoms with Crippen molar-refractivity contribution in [1.29, 1.82) is 0 Å². The Kier molecular flexibility index (Phi) is 6.27. The number of aryl methyl sites for hydroxylation is 1. The minimum absolute atomic E-state index is 0.184. The normalized spacial score (nSPS) is 10.4. The van der Waals surface area contributed by atoms with Crippen LogP contribution in [-0.4, -0.2) is 24.0 Å². The van der Waals surface area contributed by atoms with Crippen LogP contribution in [0, 0.1) is 6.92 Å². The van der Waals surface area contributed by atoms with E-state index in [-0.39, 0.29) is 5.91 Å². The van der Waals surface area contributed by atoms with Crippen molar-refractivity contribution in [3.8, 4) is 0 Å². The van der Waals surface area contributed by atoms with Crippen molar-refractivity contribution in [1.82, 2.24) is 4.98 Å². The maximum absolute atomic E-state index is 12.5. The predicted molar refractivity (Wildman–Crippen MR) is 117 cm³/mol. The van der Waals surface area contributed by atoms with Gasteiger partial charge in [-0.15, -0.1) is 0 Å². The van der Waals surface area contributed by atoms with E-state index in [1.165, 1.54) is 5.69 Å². The molecule has 1 aromatic heterocycles. The van der Waals surface area contributed by atoms with Gasteiger partial charge in [-0.2, -0.15) is 0 Å². The van der Waals surface area contributed by atoms with Crippen LogP contribution in [-0.2, 0) is 0 Å². The van der Waals surface area contributed by atoms with Gasteiger partial charge < -0.3 is 15.5 Å². The van der Waals surface area contributed by atoms with Crippen molar-refractivity contribution in [2.45, 2.75) is 20.8 Å². The number of hydrogen-bond donors (Lipinski definition) is 2. The van der Waals surface area contributed by atoms with Crippen LogP contribution in [0.3, 0.4) is 0 Å². The summed E-state index contributed by atoms with van der Waals surface area (Å²) in [5.41, 5.74) is 5.39. The Bertz CT molecular complexity index is 936. The summed E-state index contributed by atoms with van der Waals surface area (Å²) in [6.45, 7) is 8.34. The smallest absolute Gasteiger partial charge is 0.257 e. The summed E-state index contributed by atoms with van der Waals surface area (Å²) < 4.78 is 0. The number of rotatable bonds is 7. The number of anilines is 4. The molecule has 2 N–H and O–H groups in total. The van der Waals surface area contributed by atoms with Gasteiger partial charge >= 0.3 is 0 Å². The topological polar surface area (TPSA) is 57.3 Å². The molecule has 144 valence electrons. The molecule has 5 heteroatoms. The van der Waals surface area contributed by atoms with Gasteiger partial charge in [-0.1, -0.05) is 18.2 Å². The van der Waals surface area contributed by atoms with Gasteiger partial charge in [-0.25, -0.2) is 0 Å². The van der Waals surface area contributed by atoms with Crippen LogP contribution < -0.4 is 15.5 Å². The molecule has 0 aliphatic carbocycles. The molecule has 0 atom stereocenters. The van der Waals surface area contributed by atoms with Crippen molar-refractivity contribution < 1.29 is 4.79 Å². The zero-order valence-electron chi connectivity index (χ0n) is 16.6. The lowest BCUT2D eigenvalue weighted by Gasteiger charge is -2.22. The summed E-state index contributed by atoms with van der Waals surface area (Å²) in [6, 6.07) is 17.6. The predicted octanol–water partition coefficient (Wildman–Crippen LogP) is 5.23. The molecule has 0 radical (unpaired) electrons. The summed E-state index contributed by atoms with van der Waals surface area (Å²) in [5, 5.41) is 6.25. The van der Waals surface area contributed by atoms with Gasteiger partial charge in [0.15, 0.2) is 0 Å². The van der Waals surface area contributed by atoms with Gasteiger partial charge in [-0.05, 0) is 62.7 Å². The van der Waals surface area contributed by atoms with Gasteiger partial charge in [0.05, 0.1) is 17.4 Å². The molecule has 3 rings (SSSR count). The van der Waals surface area contributed by atoms with Crippen molar-refractivity contribution in [2.24, 2.45) is 0 Å². The first kappa shape index (κ1) is 19.4. The highest BCUT2D eigenvalue weighted by molar-refractivity contribution is 6.04. The van der Waals surface area contributed by atoms with E-state index in [1.54, 1.807) is 12.4 Å². The highest BCUT2D eigenvalue weighted by Gasteiger charge is 2.09. The average molecular weight is 374 g/mol. The molecule has 1 heterocycles. The zero-order valence-corrected chi connectivity index (χ0v) is 16.6. The Labute approximate surface area is 166 Å². The number of benzene rings is 2. The molecule has 0 bridgehead atoms. The number of carbonyl (C=O) groups excluding carboxylic acids is 1. The monoisotopic (exact) mass is 374 g/mol. The second-order valence-corrected chi connectivity index (χ2v) is 6.58. The first-order valence-electron chi connectivity index (χ1n) is 9.54. The number of pyridine rings is 1. The molecule has 0 aliphatic rings. The molecule has 0 saturated carbocycles. The lowest BCUT2D eigenvalue weighted by atomic mass is 10.1. The Morgan fingerprint density at radius 2 is 1.71 bits per heavy atom. The zero-order chi connectivity index (χ0) is 19.9. The van der Waals surface area contributed by atoms with E-state index in [1.807, 2.05) is 36.4 Å². The average Bonchev–Trinajstić information content (AvgIpc) is 2.72. The SMILES string of the molecule is CCN(CC)c1ccc(Nc2cncc(C(=O)Nc3ccccc3)c2)c(C)c1. The molecule has 5 nitrogen and oxygen atoms in total. The summed E-state index contributed by atoms with van der Waals surface area (Å²) in [6.07, 6.45) is 3.29. The Balaban J connectivity index is 1.75. The molecule has 0 aliphatic heterocycles. The van der Waals surface area contributed by atoms with Crippen molar-refractivity contribution in [2.75, 3.05) is 28.6 Å². The van der Waals surface area contributed by atoms with Crippen LogP contribution >= 0.6 is 0 Å². The fourth-order valence-electron chi connectivity index (χ4n) is 3.09. The lowest BCUT2D eigenvalue weighted by Crippen LogP contribution is -2.21. The lowest BCUT2D eigenvalue weighted by molar-refractivity contribution is 0.102. The third kappa shape index (κ3) is 4.68. The summed E-state index contributed by atoms with van der Waals surface area (Å²) >= 11 is 0. The van der Waals surface area contributed by atoms with E-state index in [2.05, 4.69) is 59.5 Å². The van der Waals surface area contributed by atoms with Gasteiger partial charge in [0.25, 0.3) is 5.91 Å². The molecule has 0 spiro atoms. The highest BCUT2D eigenvalue weighted by Crippen LogP contribution is 2.25. The number of nitrogens with one attached hydrogen (secondary N) is 2. The van der Waals surface area contributed by atoms with Crippen LogP contribution in [0.5, 0.6) is 0 Å². The van der Waals surface area contributed by atoms with Gasteiger partial charge in [-0.3, -0.25) is 9.78 Å². The first-order chi connectivity index (χ1) is 13.6. The van der Waals surface area contributed by atoms with Crippen LogP contribution in [0.4, 0.5) is 22.7 Å². The van der Waals surface area contributed by atoms with Gasteiger partial charge in [0, 0.05) is 36.3 Å². The largest absolute Gasteiger partial charge is 0.372 e. The van der Waals surface area contributed by atoms with E-state index < -0.39 is 0 Å². The molecule has 2 aromatic carbocycles. The number of aromatic nitrogens is 1. The van der Waals surface area contributed by atoms with Crippen molar-refractivity contribution >= 4 is 28.7 Å². The van der Waals surface area contributed by atoms with Crippen LogP contribution in [0.15, 0.2) is 67.0 Å². The second kappa shape index (κ2) is 9.04. The summed E-state index contributed by atoms with van der Waals surface area (Å²) in [7, 11) is 0. The number of hydrogen-bond acceptors (Lipinski definition) is 4. The van der Waals surface area contributed by atoms with Crippen LogP contribution in [0.2, 0.25) is 0 Å². The molecule has 1 amide bonds. The molecule has 28 heavy (non-hydrogen) atoms. The minimum Gasteiger partial charge on any atom is -0.372 e. The molecular weight excluding hydrogens is 348 g/mol. The minimum atomic E-state index is -0.184.